The first-order valence-corrected chi connectivity index (χ1v) is 7.77. The van der Waals surface area contributed by atoms with Crippen molar-refractivity contribution in [2.24, 2.45) is 0 Å². The quantitative estimate of drug-likeness (QED) is 0.719. The molecule has 2 aromatic rings. The van der Waals surface area contributed by atoms with Gasteiger partial charge in [-0.2, -0.15) is 0 Å². The molecule has 0 bridgehead atoms. The maximum absolute atomic E-state index is 5.87. The van der Waals surface area contributed by atoms with E-state index < -0.39 is 0 Å². The van der Waals surface area contributed by atoms with E-state index >= 15 is 0 Å². The van der Waals surface area contributed by atoms with Crippen LogP contribution in [0.5, 0.6) is 5.75 Å². The lowest BCUT2D eigenvalue weighted by atomic mass is 10.2. The summed E-state index contributed by atoms with van der Waals surface area (Å²) in [5, 5.41) is 4.54. The lowest BCUT2D eigenvalue weighted by molar-refractivity contribution is 0.286. The molecule has 0 saturated carbocycles. The van der Waals surface area contributed by atoms with Crippen molar-refractivity contribution in [3.63, 3.8) is 0 Å². The Hall–Kier alpha value is -1.52. The highest BCUT2D eigenvalue weighted by molar-refractivity contribution is 5.83. The number of rotatable bonds is 9. The number of hydrogen-bond donors (Lipinski definition) is 1. The predicted molar refractivity (Wildman–Crippen MR) is 86.9 cm³/mol. The molecule has 0 aliphatic rings. The zero-order valence-corrected chi connectivity index (χ0v) is 13.3. The summed E-state index contributed by atoms with van der Waals surface area (Å²) in [5.41, 5.74) is 0.831. The minimum absolute atomic E-state index is 0.752. The number of benzene rings is 1. The Morgan fingerprint density at radius 3 is 2.81 bits per heavy atom. The molecule has 0 amide bonds. The van der Waals surface area contributed by atoms with Crippen LogP contribution >= 0.6 is 0 Å². The summed E-state index contributed by atoms with van der Waals surface area (Å²) in [6.45, 7) is 9.51. The first-order chi connectivity index (χ1) is 10.3. The van der Waals surface area contributed by atoms with Gasteiger partial charge in [0.05, 0.1) is 13.7 Å². The largest absolute Gasteiger partial charge is 0.493 e. The van der Waals surface area contributed by atoms with Crippen molar-refractivity contribution in [2.45, 2.75) is 26.8 Å². The molecular weight excluding hydrogens is 264 g/mol. The fourth-order valence-electron chi connectivity index (χ4n) is 2.53. The van der Waals surface area contributed by atoms with Crippen LogP contribution in [0.4, 0.5) is 0 Å². The van der Waals surface area contributed by atoms with E-state index in [-0.39, 0.29) is 0 Å². The van der Waals surface area contributed by atoms with Crippen LogP contribution in [0.25, 0.3) is 11.0 Å². The van der Waals surface area contributed by atoms with Crippen LogP contribution in [0.15, 0.2) is 28.7 Å². The Labute approximate surface area is 127 Å². The van der Waals surface area contributed by atoms with E-state index in [1.165, 1.54) is 13.0 Å². The zero-order valence-electron chi connectivity index (χ0n) is 13.3. The summed E-state index contributed by atoms with van der Waals surface area (Å²) in [4.78, 5) is 2.45. The average molecular weight is 290 g/mol. The van der Waals surface area contributed by atoms with Crippen LogP contribution in [0.2, 0.25) is 0 Å². The third-order valence-corrected chi connectivity index (χ3v) is 3.67. The molecule has 0 saturated heterocycles. The Kier molecular flexibility index (Phi) is 6.08. The maximum atomic E-state index is 5.87. The van der Waals surface area contributed by atoms with Gasteiger partial charge in [-0.15, -0.1) is 0 Å². The van der Waals surface area contributed by atoms with Crippen LogP contribution in [0.1, 0.15) is 26.0 Å². The second-order valence-corrected chi connectivity index (χ2v) is 5.20. The first kappa shape index (κ1) is 15.9. The molecule has 21 heavy (non-hydrogen) atoms. The molecule has 4 nitrogen and oxygen atoms in total. The molecular formula is C17H26N2O2. The second-order valence-electron chi connectivity index (χ2n) is 5.20. The van der Waals surface area contributed by atoms with E-state index in [2.05, 4.69) is 30.1 Å². The number of furan rings is 1. The lowest BCUT2D eigenvalue weighted by Gasteiger charge is -2.19. The van der Waals surface area contributed by atoms with Crippen LogP contribution in [-0.4, -0.2) is 38.2 Å². The van der Waals surface area contributed by atoms with Crippen LogP contribution in [0.3, 0.4) is 0 Å². The van der Waals surface area contributed by atoms with Gasteiger partial charge < -0.3 is 19.4 Å². The molecule has 116 valence electrons. The number of methoxy groups -OCH3 is 1. The van der Waals surface area contributed by atoms with E-state index in [9.17, 15) is 0 Å². The van der Waals surface area contributed by atoms with Crippen molar-refractivity contribution in [2.75, 3.05) is 33.3 Å². The number of nitrogens with zero attached hydrogens (tertiary/aromatic N) is 1. The Bertz CT molecular complexity index is 551. The van der Waals surface area contributed by atoms with Crippen molar-refractivity contribution in [1.29, 1.82) is 0 Å². The number of ether oxygens (including phenoxy) is 1. The lowest BCUT2D eigenvalue weighted by Crippen LogP contribution is -2.32. The summed E-state index contributed by atoms with van der Waals surface area (Å²) >= 11 is 0. The highest BCUT2D eigenvalue weighted by Crippen LogP contribution is 2.28. The number of likely N-dealkylation sites (N-methyl/N-ethyl adjacent to an activating group) is 1. The minimum Gasteiger partial charge on any atom is -0.493 e. The SMILES string of the molecule is CCCN(CC)CCNCc1cc2cccc(OC)c2o1. The Morgan fingerprint density at radius 1 is 1.24 bits per heavy atom. The van der Waals surface area contributed by atoms with Gasteiger partial charge in [0, 0.05) is 18.5 Å². The summed E-state index contributed by atoms with van der Waals surface area (Å²) < 4.78 is 11.2. The smallest absolute Gasteiger partial charge is 0.176 e. The maximum Gasteiger partial charge on any atom is 0.176 e. The van der Waals surface area contributed by atoms with Crippen LogP contribution in [-0.2, 0) is 6.54 Å². The Morgan fingerprint density at radius 2 is 2.10 bits per heavy atom. The van der Waals surface area contributed by atoms with E-state index in [1.807, 2.05) is 18.2 Å². The van der Waals surface area contributed by atoms with Gasteiger partial charge in [0.1, 0.15) is 5.76 Å². The van der Waals surface area contributed by atoms with Gasteiger partial charge in [-0.3, -0.25) is 0 Å². The van der Waals surface area contributed by atoms with Crippen molar-refractivity contribution in [3.05, 3.63) is 30.0 Å². The van der Waals surface area contributed by atoms with Crippen molar-refractivity contribution >= 4 is 11.0 Å². The number of fused-ring (bicyclic) bond motifs is 1. The monoisotopic (exact) mass is 290 g/mol. The molecule has 0 radical (unpaired) electrons. The molecule has 2 rings (SSSR count). The van der Waals surface area contributed by atoms with Gasteiger partial charge >= 0.3 is 0 Å². The van der Waals surface area contributed by atoms with Crippen LogP contribution < -0.4 is 10.1 Å². The third-order valence-electron chi connectivity index (χ3n) is 3.67. The average Bonchev–Trinajstić information content (AvgIpc) is 2.93. The molecule has 1 aromatic carbocycles. The normalized spacial score (nSPS) is 11.4. The molecule has 0 aliphatic carbocycles. The zero-order chi connectivity index (χ0) is 15.1. The van der Waals surface area contributed by atoms with E-state index in [1.54, 1.807) is 7.11 Å². The molecule has 0 unspecified atom stereocenters. The van der Waals surface area contributed by atoms with E-state index in [0.29, 0.717) is 0 Å². The Balaban J connectivity index is 1.86. The highest BCUT2D eigenvalue weighted by atomic mass is 16.5. The van der Waals surface area contributed by atoms with Crippen LogP contribution in [0, 0.1) is 0 Å². The topological polar surface area (TPSA) is 37.6 Å². The molecule has 1 N–H and O–H groups in total. The number of para-hydroxylation sites is 1. The van der Waals surface area contributed by atoms with Gasteiger partial charge in [0.2, 0.25) is 0 Å². The minimum atomic E-state index is 0.752. The van der Waals surface area contributed by atoms with E-state index in [4.69, 9.17) is 9.15 Å². The summed E-state index contributed by atoms with van der Waals surface area (Å²) in [6.07, 6.45) is 1.21. The van der Waals surface area contributed by atoms with Crippen molar-refractivity contribution < 1.29 is 9.15 Å². The van der Waals surface area contributed by atoms with Crippen molar-refractivity contribution in [3.8, 4) is 5.75 Å². The molecule has 0 aliphatic heterocycles. The molecule has 0 atom stereocenters. The van der Waals surface area contributed by atoms with E-state index in [0.717, 1.165) is 48.7 Å². The molecule has 1 aromatic heterocycles. The molecule has 1 heterocycles. The third kappa shape index (κ3) is 4.22. The fraction of sp³-hybridized carbons (Fsp3) is 0.529. The second kappa shape index (κ2) is 8.05. The summed E-state index contributed by atoms with van der Waals surface area (Å²) in [6, 6.07) is 8.03. The molecule has 4 heteroatoms. The highest BCUT2D eigenvalue weighted by Gasteiger charge is 2.08. The summed E-state index contributed by atoms with van der Waals surface area (Å²) in [7, 11) is 1.67. The molecule has 0 fully saturated rings. The van der Waals surface area contributed by atoms with Gasteiger partial charge in [-0.25, -0.2) is 0 Å². The predicted octanol–water partition coefficient (Wildman–Crippen LogP) is 3.26. The first-order valence-electron chi connectivity index (χ1n) is 7.77. The summed E-state index contributed by atoms with van der Waals surface area (Å²) in [5.74, 6) is 1.74. The van der Waals surface area contributed by atoms with Gasteiger partial charge in [-0.1, -0.05) is 26.0 Å². The van der Waals surface area contributed by atoms with Gasteiger partial charge in [0.25, 0.3) is 0 Å². The van der Waals surface area contributed by atoms with Gasteiger partial charge in [-0.05, 0) is 31.6 Å². The fourth-order valence-corrected chi connectivity index (χ4v) is 2.53. The van der Waals surface area contributed by atoms with Crippen molar-refractivity contribution in [1.82, 2.24) is 10.2 Å². The standard InChI is InChI=1S/C17H26N2O2/c1-4-10-19(5-2)11-9-18-13-15-12-14-7-6-8-16(20-3)17(14)21-15/h6-8,12,18H,4-5,9-11,13H2,1-3H3. The molecule has 0 spiro atoms. The number of nitrogens with one attached hydrogen (secondary N) is 1. The van der Waals surface area contributed by atoms with Gasteiger partial charge in [0.15, 0.2) is 11.3 Å². The number of hydrogen-bond acceptors (Lipinski definition) is 4.